The van der Waals surface area contributed by atoms with Crippen LogP contribution in [-0.4, -0.2) is 35.2 Å². The minimum Gasteiger partial charge on any atom is -0.467 e. The van der Waals surface area contributed by atoms with Crippen LogP contribution < -0.4 is 15.4 Å². The quantitative estimate of drug-likeness (QED) is 0.870. The molecular formula is C13H23N5O. The lowest BCUT2D eigenvalue weighted by molar-refractivity contribution is 0.216. The van der Waals surface area contributed by atoms with E-state index in [1.54, 1.807) is 14.2 Å². The molecule has 0 amide bonds. The van der Waals surface area contributed by atoms with Gasteiger partial charge in [0.2, 0.25) is 11.9 Å². The van der Waals surface area contributed by atoms with Gasteiger partial charge < -0.3 is 15.4 Å². The summed E-state index contributed by atoms with van der Waals surface area (Å²) in [5, 5.41) is 6.36. The lowest BCUT2D eigenvalue weighted by Crippen LogP contribution is -2.39. The van der Waals surface area contributed by atoms with Gasteiger partial charge in [0.05, 0.1) is 7.11 Å². The first kappa shape index (κ1) is 13.8. The summed E-state index contributed by atoms with van der Waals surface area (Å²) in [5.74, 6) is 1.10. The van der Waals surface area contributed by atoms with Gasteiger partial charge >= 0.3 is 6.01 Å². The number of hydrogen-bond acceptors (Lipinski definition) is 6. The molecule has 1 aromatic heterocycles. The lowest BCUT2D eigenvalue weighted by Gasteiger charge is -2.39. The highest BCUT2D eigenvalue weighted by atomic mass is 16.5. The van der Waals surface area contributed by atoms with E-state index in [4.69, 9.17) is 4.74 Å². The molecule has 0 radical (unpaired) electrons. The van der Waals surface area contributed by atoms with E-state index in [0.717, 1.165) is 6.42 Å². The van der Waals surface area contributed by atoms with Crippen LogP contribution in [0.4, 0.5) is 11.9 Å². The largest absolute Gasteiger partial charge is 0.467 e. The highest BCUT2D eigenvalue weighted by molar-refractivity contribution is 5.36. The zero-order valence-corrected chi connectivity index (χ0v) is 12.2. The van der Waals surface area contributed by atoms with Gasteiger partial charge in [-0.25, -0.2) is 0 Å². The number of aromatic nitrogens is 3. The minimum atomic E-state index is 0.262. The third-order valence-corrected chi connectivity index (χ3v) is 3.83. The molecule has 1 atom stereocenters. The van der Waals surface area contributed by atoms with Crippen LogP contribution in [0.2, 0.25) is 0 Å². The average Bonchev–Trinajstić information content (AvgIpc) is 2.40. The van der Waals surface area contributed by atoms with Crippen LogP contribution in [0.25, 0.3) is 0 Å². The van der Waals surface area contributed by atoms with Crippen molar-refractivity contribution in [1.82, 2.24) is 15.0 Å². The Hall–Kier alpha value is -1.59. The number of anilines is 2. The zero-order chi connectivity index (χ0) is 13.9. The number of rotatable bonds is 4. The second-order valence-electron chi connectivity index (χ2n) is 5.65. The van der Waals surface area contributed by atoms with Crippen molar-refractivity contribution in [2.75, 3.05) is 24.8 Å². The van der Waals surface area contributed by atoms with Gasteiger partial charge in [0.25, 0.3) is 0 Å². The van der Waals surface area contributed by atoms with Crippen molar-refractivity contribution in [1.29, 1.82) is 0 Å². The summed E-state index contributed by atoms with van der Waals surface area (Å²) in [6, 6.07) is 0.716. The van der Waals surface area contributed by atoms with Crippen LogP contribution in [0.15, 0.2) is 0 Å². The molecule has 1 aliphatic carbocycles. The van der Waals surface area contributed by atoms with Crippen LogP contribution in [0.5, 0.6) is 6.01 Å². The fourth-order valence-electron chi connectivity index (χ4n) is 2.54. The fourth-order valence-corrected chi connectivity index (χ4v) is 2.54. The van der Waals surface area contributed by atoms with E-state index in [-0.39, 0.29) is 5.41 Å². The molecule has 0 spiro atoms. The predicted octanol–water partition coefficient (Wildman–Crippen LogP) is 2.30. The van der Waals surface area contributed by atoms with Crippen LogP contribution in [-0.2, 0) is 0 Å². The van der Waals surface area contributed by atoms with Gasteiger partial charge in [-0.3, -0.25) is 0 Å². The minimum absolute atomic E-state index is 0.262. The van der Waals surface area contributed by atoms with E-state index < -0.39 is 0 Å². The number of nitrogens with zero attached hydrogens (tertiary/aromatic N) is 3. The topological polar surface area (TPSA) is 72.0 Å². The Balaban J connectivity index is 2.17. The molecule has 1 unspecified atom stereocenters. The Kier molecular flexibility index (Phi) is 4.07. The van der Waals surface area contributed by atoms with Crippen LogP contribution in [0, 0.1) is 5.41 Å². The number of ether oxygens (including phenoxy) is 1. The van der Waals surface area contributed by atoms with E-state index >= 15 is 0 Å². The number of nitrogens with one attached hydrogen (secondary N) is 2. The van der Waals surface area contributed by atoms with Crippen molar-refractivity contribution in [3.05, 3.63) is 0 Å². The monoisotopic (exact) mass is 265 g/mol. The molecule has 1 aliphatic rings. The highest BCUT2D eigenvalue weighted by Crippen LogP contribution is 2.36. The lowest BCUT2D eigenvalue weighted by atomic mass is 9.73. The Bertz CT molecular complexity index is 413. The molecule has 19 heavy (non-hydrogen) atoms. The van der Waals surface area contributed by atoms with Crippen molar-refractivity contribution < 1.29 is 4.74 Å². The molecule has 1 aromatic rings. The molecule has 2 N–H and O–H groups in total. The van der Waals surface area contributed by atoms with Crippen molar-refractivity contribution >= 4 is 11.9 Å². The van der Waals surface area contributed by atoms with Crippen LogP contribution in [0.3, 0.4) is 0 Å². The van der Waals surface area contributed by atoms with Crippen LogP contribution in [0.1, 0.15) is 39.5 Å². The van der Waals surface area contributed by atoms with Gasteiger partial charge in [-0.1, -0.05) is 26.7 Å². The van der Waals surface area contributed by atoms with Crippen molar-refractivity contribution in [3.63, 3.8) is 0 Å². The normalized spacial score (nSPS) is 21.8. The molecule has 2 rings (SSSR count). The van der Waals surface area contributed by atoms with E-state index in [2.05, 4.69) is 39.4 Å². The summed E-state index contributed by atoms with van der Waals surface area (Å²) >= 11 is 0. The first-order valence-electron chi connectivity index (χ1n) is 6.79. The second kappa shape index (κ2) is 5.59. The molecule has 0 bridgehead atoms. The molecule has 6 heteroatoms. The summed E-state index contributed by atoms with van der Waals surface area (Å²) in [7, 11) is 3.34. The van der Waals surface area contributed by atoms with E-state index in [0.29, 0.717) is 23.9 Å². The van der Waals surface area contributed by atoms with Gasteiger partial charge in [-0.15, -0.1) is 0 Å². The van der Waals surface area contributed by atoms with E-state index in [1.807, 2.05) is 0 Å². The Labute approximate surface area is 114 Å². The molecule has 1 saturated carbocycles. The Morgan fingerprint density at radius 2 is 1.89 bits per heavy atom. The molecule has 106 valence electrons. The summed E-state index contributed by atoms with van der Waals surface area (Å²) in [4.78, 5) is 12.7. The summed E-state index contributed by atoms with van der Waals surface area (Å²) in [6.07, 6.45) is 4.93. The molecule has 0 aromatic carbocycles. The Morgan fingerprint density at radius 1 is 1.16 bits per heavy atom. The molecule has 1 fully saturated rings. The fraction of sp³-hybridized carbons (Fsp3) is 0.769. The van der Waals surface area contributed by atoms with E-state index in [1.165, 1.54) is 19.3 Å². The summed E-state index contributed by atoms with van der Waals surface area (Å²) in [6.45, 7) is 4.59. The third-order valence-electron chi connectivity index (χ3n) is 3.83. The highest BCUT2D eigenvalue weighted by Gasteiger charge is 2.32. The molecule has 0 aliphatic heterocycles. The van der Waals surface area contributed by atoms with E-state index in [9.17, 15) is 0 Å². The standard InChI is InChI=1S/C13H23N5O/c1-13(2)8-6-5-7-9(13)15-11-16-10(14-3)17-12(18-11)19-4/h9H,5-8H2,1-4H3,(H2,14,15,16,17,18). The molecule has 6 nitrogen and oxygen atoms in total. The van der Waals surface area contributed by atoms with Crippen LogP contribution >= 0.6 is 0 Å². The van der Waals surface area contributed by atoms with Gasteiger partial charge in [-0.2, -0.15) is 15.0 Å². The first-order valence-corrected chi connectivity index (χ1v) is 6.79. The summed E-state index contributed by atoms with van der Waals surface area (Å²) < 4.78 is 5.10. The maximum absolute atomic E-state index is 5.10. The van der Waals surface area contributed by atoms with Crippen molar-refractivity contribution in [2.24, 2.45) is 5.41 Å². The summed E-state index contributed by atoms with van der Waals surface area (Å²) in [5.41, 5.74) is 0.262. The third kappa shape index (κ3) is 3.24. The van der Waals surface area contributed by atoms with Crippen molar-refractivity contribution in [2.45, 2.75) is 45.6 Å². The SMILES string of the molecule is CNc1nc(NC2CCCCC2(C)C)nc(OC)n1. The predicted molar refractivity (Wildman–Crippen MR) is 75.6 cm³/mol. The van der Waals surface area contributed by atoms with Gasteiger partial charge in [0, 0.05) is 13.1 Å². The number of hydrogen-bond donors (Lipinski definition) is 2. The smallest absolute Gasteiger partial charge is 0.322 e. The average molecular weight is 265 g/mol. The van der Waals surface area contributed by atoms with Gasteiger partial charge in [0.1, 0.15) is 0 Å². The zero-order valence-electron chi connectivity index (χ0n) is 12.2. The van der Waals surface area contributed by atoms with Crippen molar-refractivity contribution in [3.8, 4) is 6.01 Å². The Morgan fingerprint density at radius 3 is 2.53 bits per heavy atom. The molecular weight excluding hydrogens is 242 g/mol. The molecule has 0 saturated heterocycles. The first-order chi connectivity index (χ1) is 9.05. The number of methoxy groups -OCH3 is 1. The maximum atomic E-state index is 5.10. The molecule has 1 heterocycles. The van der Waals surface area contributed by atoms with Gasteiger partial charge in [-0.05, 0) is 18.3 Å². The maximum Gasteiger partial charge on any atom is 0.322 e. The second-order valence-corrected chi connectivity index (χ2v) is 5.65. The van der Waals surface area contributed by atoms with Gasteiger partial charge in [0.15, 0.2) is 0 Å².